The van der Waals surface area contributed by atoms with Gasteiger partial charge in [0.2, 0.25) is 0 Å². The molecule has 0 amide bonds. The Morgan fingerprint density at radius 1 is 1.06 bits per heavy atom. The highest BCUT2D eigenvalue weighted by Gasteiger charge is 2.47. The molecule has 5 rings (SSSR count). The number of pyridine rings is 1. The van der Waals surface area contributed by atoms with E-state index in [1.165, 1.54) is 57.5 Å². The third-order valence-corrected chi connectivity index (χ3v) is 6.83. The summed E-state index contributed by atoms with van der Waals surface area (Å²) in [4.78, 5) is 16.0. The van der Waals surface area contributed by atoms with Gasteiger partial charge in [-0.1, -0.05) is 13.8 Å². The number of nitrogen functional groups attached to an aromatic ring is 1. The molecule has 3 aliphatic rings. The number of aromatic nitrogens is 3. The van der Waals surface area contributed by atoms with Crippen LogP contribution in [0, 0.1) is 11.8 Å². The average molecular weight is 467 g/mol. The summed E-state index contributed by atoms with van der Waals surface area (Å²) < 4.78 is 40.5. The van der Waals surface area contributed by atoms with Crippen molar-refractivity contribution in [2.24, 2.45) is 11.8 Å². The standard InChI is InChI=1S/C12H13F3N4O.C11H20N2/c1-6(2)11-18-5-8(19-11)7-3-9(10(16)17-4-7)20-12(13,14)15;1-12-2-4-13(5-3-12)11-7-9-6-10(9)8-11/h3-6H,1-2H3,(H2,16,17)(H,18,19);9-11H,2-8H2,1H3. The van der Waals surface area contributed by atoms with Crippen molar-refractivity contribution in [3.8, 4) is 17.0 Å². The van der Waals surface area contributed by atoms with Gasteiger partial charge < -0.3 is 20.4 Å². The molecule has 10 heteroatoms. The quantitative estimate of drug-likeness (QED) is 0.706. The van der Waals surface area contributed by atoms with E-state index in [4.69, 9.17) is 5.73 Å². The van der Waals surface area contributed by atoms with Crippen LogP contribution < -0.4 is 10.5 Å². The van der Waals surface area contributed by atoms with E-state index in [9.17, 15) is 13.2 Å². The second kappa shape index (κ2) is 9.50. The summed E-state index contributed by atoms with van der Waals surface area (Å²) in [6, 6.07) is 2.14. The Balaban J connectivity index is 0.000000170. The number of nitrogens with two attached hydrogens (primary N) is 1. The molecule has 3 fully saturated rings. The van der Waals surface area contributed by atoms with E-state index in [1.807, 2.05) is 13.8 Å². The van der Waals surface area contributed by atoms with Crippen molar-refractivity contribution in [1.29, 1.82) is 0 Å². The van der Waals surface area contributed by atoms with E-state index in [-0.39, 0.29) is 11.7 Å². The molecule has 182 valence electrons. The Morgan fingerprint density at radius 3 is 2.30 bits per heavy atom. The maximum atomic E-state index is 12.2. The Bertz CT molecular complexity index is 929. The highest BCUT2D eigenvalue weighted by Crippen LogP contribution is 2.53. The van der Waals surface area contributed by atoms with Crippen LogP contribution in [0.25, 0.3) is 11.3 Å². The van der Waals surface area contributed by atoms with Gasteiger partial charge in [0.25, 0.3) is 0 Å². The van der Waals surface area contributed by atoms with Gasteiger partial charge in [0, 0.05) is 49.9 Å². The lowest BCUT2D eigenvalue weighted by atomic mass is 10.1. The number of nitrogens with one attached hydrogen (secondary N) is 1. The molecule has 3 N–H and O–H groups in total. The second-order valence-corrected chi connectivity index (χ2v) is 9.71. The number of alkyl halides is 3. The van der Waals surface area contributed by atoms with Crippen LogP contribution in [0.5, 0.6) is 5.75 Å². The van der Waals surface area contributed by atoms with Crippen LogP contribution in [0.4, 0.5) is 19.0 Å². The van der Waals surface area contributed by atoms with E-state index < -0.39 is 12.1 Å². The van der Waals surface area contributed by atoms with E-state index in [0.717, 1.165) is 23.7 Å². The number of fused-ring (bicyclic) bond motifs is 1. The molecule has 2 aliphatic carbocycles. The smallest absolute Gasteiger partial charge is 0.402 e. The fourth-order valence-corrected chi connectivity index (χ4v) is 4.75. The van der Waals surface area contributed by atoms with Crippen LogP contribution in [0.15, 0.2) is 18.5 Å². The van der Waals surface area contributed by atoms with Gasteiger partial charge in [0.15, 0.2) is 11.6 Å². The number of rotatable bonds is 4. The zero-order valence-electron chi connectivity index (χ0n) is 19.4. The van der Waals surface area contributed by atoms with Gasteiger partial charge in [-0.3, -0.25) is 4.90 Å². The SMILES string of the molecule is CC(C)c1ncc(-c2cnc(N)c(OC(F)(F)F)c2)[nH]1.CN1CCN(C2CC3CC3C2)CC1. The number of H-pyrrole nitrogens is 1. The van der Waals surface area contributed by atoms with Gasteiger partial charge >= 0.3 is 6.36 Å². The number of nitrogens with zero attached hydrogens (tertiary/aromatic N) is 4. The van der Waals surface area contributed by atoms with Crippen molar-refractivity contribution in [3.63, 3.8) is 0 Å². The number of hydrogen-bond donors (Lipinski definition) is 2. The fourth-order valence-electron chi connectivity index (χ4n) is 4.75. The molecule has 0 radical (unpaired) electrons. The number of ether oxygens (including phenoxy) is 1. The predicted octanol–water partition coefficient (Wildman–Crippen LogP) is 4.11. The predicted molar refractivity (Wildman–Crippen MR) is 121 cm³/mol. The molecule has 1 aliphatic heterocycles. The van der Waals surface area contributed by atoms with Crippen LogP contribution in [0.3, 0.4) is 0 Å². The number of halogens is 3. The highest BCUT2D eigenvalue weighted by atomic mass is 19.4. The molecule has 0 spiro atoms. The average Bonchev–Trinajstić information content (AvgIpc) is 3.14. The van der Waals surface area contributed by atoms with Gasteiger partial charge in [-0.15, -0.1) is 13.2 Å². The lowest BCUT2D eigenvalue weighted by Gasteiger charge is -2.37. The maximum absolute atomic E-state index is 12.2. The molecule has 2 aromatic rings. The number of imidazole rings is 1. The molecule has 3 heterocycles. The summed E-state index contributed by atoms with van der Waals surface area (Å²) in [6.45, 7) is 9.10. The topological polar surface area (TPSA) is 83.3 Å². The van der Waals surface area contributed by atoms with Gasteiger partial charge in [0.1, 0.15) is 5.82 Å². The molecule has 33 heavy (non-hydrogen) atoms. The summed E-state index contributed by atoms with van der Waals surface area (Å²) in [5, 5.41) is 0. The van der Waals surface area contributed by atoms with Crippen LogP contribution >= 0.6 is 0 Å². The minimum absolute atomic E-state index is 0.177. The van der Waals surface area contributed by atoms with Crippen molar-refractivity contribution in [2.45, 2.75) is 51.4 Å². The number of hydrogen-bond acceptors (Lipinski definition) is 6. The third-order valence-electron chi connectivity index (χ3n) is 6.83. The number of anilines is 1. The van der Waals surface area contributed by atoms with Crippen molar-refractivity contribution in [1.82, 2.24) is 24.8 Å². The summed E-state index contributed by atoms with van der Waals surface area (Å²) >= 11 is 0. The molecule has 2 aromatic heterocycles. The lowest BCUT2D eigenvalue weighted by Crippen LogP contribution is -2.48. The molecule has 7 nitrogen and oxygen atoms in total. The second-order valence-electron chi connectivity index (χ2n) is 9.71. The molecule has 2 saturated carbocycles. The first-order valence-corrected chi connectivity index (χ1v) is 11.6. The van der Waals surface area contributed by atoms with Gasteiger partial charge in [-0.2, -0.15) is 0 Å². The molecule has 1 saturated heterocycles. The number of aromatic amines is 1. The Hall–Kier alpha value is -2.33. The highest BCUT2D eigenvalue weighted by molar-refractivity contribution is 5.63. The molecule has 0 bridgehead atoms. The van der Waals surface area contributed by atoms with Crippen LogP contribution in [0.1, 0.15) is 44.9 Å². The number of likely N-dealkylation sites (N-methyl/N-ethyl adjacent to an activating group) is 1. The van der Waals surface area contributed by atoms with Gasteiger partial charge in [0.05, 0.1) is 11.9 Å². The molecule has 0 aromatic carbocycles. The zero-order chi connectivity index (χ0) is 23.8. The summed E-state index contributed by atoms with van der Waals surface area (Å²) in [5.74, 6) is 2.34. The lowest BCUT2D eigenvalue weighted by molar-refractivity contribution is -0.274. The van der Waals surface area contributed by atoms with E-state index in [2.05, 4.69) is 36.5 Å². The van der Waals surface area contributed by atoms with E-state index >= 15 is 0 Å². The van der Waals surface area contributed by atoms with Crippen LogP contribution in [-0.2, 0) is 0 Å². The monoisotopic (exact) mass is 466 g/mol. The minimum atomic E-state index is -4.81. The number of piperazine rings is 1. The maximum Gasteiger partial charge on any atom is 0.573 e. The molecule has 2 atom stereocenters. The third kappa shape index (κ3) is 6.17. The van der Waals surface area contributed by atoms with E-state index in [1.54, 1.807) is 6.42 Å². The zero-order valence-corrected chi connectivity index (χ0v) is 19.4. The summed E-state index contributed by atoms with van der Waals surface area (Å²) in [5.41, 5.74) is 6.33. The first-order chi connectivity index (χ1) is 15.6. The van der Waals surface area contributed by atoms with Gasteiger partial charge in [-0.25, -0.2) is 9.97 Å². The summed E-state index contributed by atoms with van der Waals surface area (Å²) in [7, 11) is 2.24. The minimum Gasteiger partial charge on any atom is -0.402 e. The van der Waals surface area contributed by atoms with Gasteiger partial charge in [-0.05, 0) is 44.2 Å². The molecular formula is C23H33F3N6O. The largest absolute Gasteiger partial charge is 0.573 e. The van der Waals surface area contributed by atoms with Crippen molar-refractivity contribution in [3.05, 3.63) is 24.3 Å². The normalized spacial score (nSPS) is 25.5. The first-order valence-electron chi connectivity index (χ1n) is 11.6. The first kappa shape index (κ1) is 23.8. The van der Waals surface area contributed by atoms with Crippen LogP contribution in [0.2, 0.25) is 0 Å². The Morgan fingerprint density at radius 2 is 1.73 bits per heavy atom. The Kier molecular flexibility index (Phi) is 6.86. The Labute approximate surface area is 192 Å². The van der Waals surface area contributed by atoms with Crippen LogP contribution in [-0.4, -0.2) is 70.4 Å². The molecule has 2 unspecified atom stereocenters. The fraction of sp³-hybridized carbons (Fsp3) is 0.652. The molecular weight excluding hydrogens is 433 g/mol. The van der Waals surface area contributed by atoms with Crippen molar-refractivity contribution >= 4 is 5.82 Å². The van der Waals surface area contributed by atoms with E-state index in [0.29, 0.717) is 11.3 Å². The van der Waals surface area contributed by atoms with Crippen molar-refractivity contribution in [2.75, 3.05) is 39.0 Å². The van der Waals surface area contributed by atoms with Crippen molar-refractivity contribution < 1.29 is 17.9 Å². The summed E-state index contributed by atoms with van der Waals surface area (Å²) in [6.07, 6.45) is 2.68.